The molecule has 2 heteroatoms. The van der Waals surface area contributed by atoms with Gasteiger partial charge in [0, 0.05) is 13.0 Å². The van der Waals surface area contributed by atoms with E-state index in [1.165, 1.54) is 24.8 Å². The van der Waals surface area contributed by atoms with E-state index in [2.05, 4.69) is 36.1 Å². The number of quaternary nitrogens is 1. The smallest absolute Gasteiger partial charge is 0.0743 e. The maximum atomic E-state index is 5.81. The number of benzene rings is 1. The molecule has 0 unspecified atom stereocenters. The Morgan fingerprint density at radius 2 is 2.12 bits per heavy atom. The Balaban J connectivity index is 1.96. The van der Waals surface area contributed by atoms with Gasteiger partial charge in [-0.1, -0.05) is 30.3 Å². The number of rotatable bonds is 5. The van der Waals surface area contributed by atoms with E-state index in [0.29, 0.717) is 12.0 Å². The fourth-order valence-electron chi connectivity index (χ4n) is 2.57. The molecule has 0 aromatic heterocycles. The third-order valence-electron chi connectivity index (χ3n) is 3.41. The summed E-state index contributed by atoms with van der Waals surface area (Å²) in [6.45, 7) is 1.96. The van der Waals surface area contributed by atoms with Gasteiger partial charge in [-0.05, 0) is 30.7 Å². The predicted octanol–water partition coefficient (Wildman–Crippen LogP) is 1.66. The monoisotopic (exact) mass is 220 g/mol. The highest BCUT2D eigenvalue weighted by atomic mass is 16.5. The molecule has 0 bridgehead atoms. The second-order valence-electron chi connectivity index (χ2n) is 4.64. The van der Waals surface area contributed by atoms with Crippen molar-refractivity contribution in [1.82, 2.24) is 0 Å². The van der Waals surface area contributed by atoms with Gasteiger partial charge in [-0.3, -0.25) is 0 Å². The van der Waals surface area contributed by atoms with Gasteiger partial charge in [0.25, 0.3) is 0 Å². The number of hydrogen-bond donors (Lipinski definition) is 1. The van der Waals surface area contributed by atoms with Crippen LogP contribution in [-0.2, 0) is 11.2 Å². The third-order valence-corrected chi connectivity index (χ3v) is 3.41. The maximum absolute atomic E-state index is 5.81. The Labute approximate surface area is 97.8 Å². The van der Waals surface area contributed by atoms with Crippen LogP contribution in [0.15, 0.2) is 30.3 Å². The Bertz CT molecular complexity index is 293. The zero-order chi connectivity index (χ0) is 11.2. The van der Waals surface area contributed by atoms with E-state index in [0.717, 1.165) is 19.6 Å². The van der Waals surface area contributed by atoms with Gasteiger partial charge in [-0.2, -0.15) is 0 Å². The highest BCUT2D eigenvalue weighted by Crippen LogP contribution is 2.25. The van der Waals surface area contributed by atoms with Crippen molar-refractivity contribution in [3.05, 3.63) is 35.9 Å². The summed E-state index contributed by atoms with van der Waals surface area (Å²) in [5.41, 5.74) is 5.41. The molecule has 2 rings (SSSR count). The molecule has 0 aliphatic carbocycles. The first-order valence-corrected chi connectivity index (χ1v) is 6.35. The summed E-state index contributed by atoms with van der Waals surface area (Å²) in [6.07, 6.45) is 5.26. The Hall–Kier alpha value is -0.860. The Kier molecular flexibility index (Phi) is 4.37. The predicted molar refractivity (Wildman–Crippen MR) is 65.0 cm³/mol. The fraction of sp³-hybridized carbons (Fsp3) is 0.571. The highest BCUT2D eigenvalue weighted by molar-refractivity contribution is 5.15. The van der Waals surface area contributed by atoms with Gasteiger partial charge in [0.05, 0.1) is 12.6 Å². The van der Waals surface area contributed by atoms with Gasteiger partial charge >= 0.3 is 0 Å². The lowest BCUT2D eigenvalue weighted by Gasteiger charge is -2.21. The summed E-state index contributed by atoms with van der Waals surface area (Å²) in [4.78, 5) is 0. The average Bonchev–Trinajstić information content (AvgIpc) is 2.83. The van der Waals surface area contributed by atoms with E-state index in [1.54, 1.807) is 0 Å². The molecule has 1 saturated heterocycles. The van der Waals surface area contributed by atoms with Gasteiger partial charge < -0.3 is 10.5 Å². The summed E-state index contributed by atoms with van der Waals surface area (Å²) >= 11 is 0. The molecule has 0 saturated carbocycles. The lowest BCUT2D eigenvalue weighted by Crippen LogP contribution is -2.51. The standard InChI is InChI=1S/C14H21NO/c15-9-8-13(14-7-4-10-16-14)11-12-5-2-1-3-6-12/h1-3,5-6,13-14H,4,7-11,15H2/p+1/t13-,14-/m0/s1. The summed E-state index contributed by atoms with van der Waals surface area (Å²) in [6, 6.07) is 10.7. The zero-order valence-electron chi connectivity index (χ0n) is 9.90. The molecule has 0 amide bonds. The van der Waals surface area contributed by atoms with Crippen molar-refractivity contribution in [3.63, 3.8) is 0 Å². The SMILES string of the molecule is [NH3+]CC[C@@H](Cc1ccccc1)[C@@H]1CCCO1. The number of ether oxygens (including phenoxy) is 1. The summed E-state index contributed by atoms with van der Waals surface area (Å²) < 4.78 is 5.81. The minimum absolute atomic E-state index is 0.474. The zero-order valence-corrected chi connectivity index (χ0v) is 9.90. The van der Waals surface area contributed by atoms with E-state index in [9.17, 15) is 0 Å². The van der Waals surface area contributed by atoms with Crippen molar-refractivity contribution >= 4 is 0 Å². The van der Waals surface area contributed by atoms with Crippen molar-refractivity contribution in [1.29, 1.82) is 0 Å². The van der Waals surface area contributed by atoms with Gasteiger partial charge in [-0.15, -0.1) is 0 Å². The third kappa shape index (κ3) is 3.06. The van der Waals surface area contributed by atoms with Crippen LogP contribution in [0.2, 0.25) is 0 Å². The molecule has 1 heterocycles. The minimum Gasteiger partial charge on any atom is -0.378 e. The van der Waals surface area contributed by atoms with Gasteiger partial charge in [0.2, 0.25) is 0 Å². The molecule has 2 nitrogen and oxygen atoms in total. The van der Waals surface area contributed by atoms with Crippen LogP contribution in [0.1, 0.15) is 24.8 Å². The maximum Gasteiger partial charge on any atom is 0.0743 e. The second kappa shape index (κ2) is 6.02. The molecule has 1 aliphatic heterocycles. The topological polar surface area (TPSA) is 36.9 Å². The molecule has 16 heavy (non-hydrogen) atoms. The first kappa shape index (κ1) is 11.6. The van der Waals surface area contributed by atoms with Crippen LogP contribution in [-0.4, -0.2) is 19.3 Å². The average molecular weight is 220 g/mol. The number of hydrogen-bond acceptors (Lipinski definition) is 1. The molecular formula is C14H22NO+. The van der Waals surface area contributed by atoms with Crippen LogP contribution in [0.25, 0.3) is 0 Å². The van der Waals surface area contributed by atoms with Crippen molar-refractivity contribution in [3.8, 4) is 0 Å². The molecule has 0 spiro atoms. The molecule has 1 aromatic rings. The van der Waals surface area contributed by atoms with E-state index in [1.807, 2.05) is 0 Å². The van der Waals surface area contributed by atoms with Crippen LogP contribution in [0.4, 0.5) is 0 Å². The van der Waals surface area contributed by atoms with Crippen molar-refractivity contribution in [2.45, 2.75) is 31.8 Å². The molecule has 2 atom stereocenters. The largest absolute Gasteiger partial charge is 0.378 e. The van der Waals surface area contributed by atoms with Gasteiger partial charge in [0.15, 0.2) is 0 Å². The van der Waals surface area contributed by atoms with E-state index < -0.39 is 0 Å². The molecule has 1 fully saturated rings. The van der Waals surface area contributed by atoms with Crippen LogP contribution in [0.5, 0.6) is 0 Å². The van der Waals surface area contributed by atoms with Gasteiger partial charge in [-0.25, -0.2) is 0 Å². The molecule has 88 valence electrons. The van der Waals surface area contributed by atoms with E-state index >= 15 is 0 Å². The summed E-state index contributed by atoms with van der Waals surface area (Å²) in [5, 5.41) is 0. The molecule has 3 N–H and O–H groups in total. The Morgan fingerprint density at radius 3 is 2.75 bits per heavy atom. The molecule has 1 aliphatic rings. The van der Waals surface area contributed by atoms with Gasteiger partial charge in [0.1, 0.15) is 0 Å². The molecule has 1 aromatic carbocycles. The summed E-state index contributed by atoms with van der Waals surface area (Å²) in [7, 11) is 0. The highest BCUT2D eigenvalue weighted by Gasteiger charge is 2.25. The van der Waals surface area contributed by atoms with Crippen molar-refractivity contribution < 1.29 is 10.5 Å². The quantitative estimate of drug-likeness (QED) is 0.805. The first-order valence-electron chi connectivity index (χ1n) is 6.35. The molecule has 0 radical (unpaired) electrons. The normalized spacial score (nSPS) is 22.2. The van der Waals surface area contributed by atoms with E-state index in [4.69, 9.17) is 4.74 Å². The van der Waals surface area contributed by atoms with Crippen molar-refractivity contribution in [2.75, 3.05) is 13.2 Å². The first-order chi connectivity index (χ1) is 7.90. The molecular weight excluding hydrogens is 198 g/mol. The minimum atomic E-state index is 0.474. The van der Waals surface area contributed by atoms with Crippen LogP contribution >= 0.6 is 0 Å². The van der Waals surface area contributed by atoms with E-state index in [-0.39, 0.29) is 0 Å². The van der Waals surface area contributed by atoms with Crippen LogP contribution < -0.4 is 5.73 Å². The Morgan fingerprint density at radius 1 is 1.31 bits per heavy atom. The van der Waals surface area contributed by atoms with Crippen molar-refractivity contribution in [2.24, 2.45) is 5.92 Å². The lowest BCUT2D eigenvalue weighted by atomic mass is 9.90. The fourth-order valence-corrected chi connectivity index (χ4v) is 2.57. The van der Waals surface area contributed by atoms with Crippen LogP contribution in [0, 0.1) is 5.92 Å². The lowest BCUT2D eigenvalue weighted by molar-refractivity contribution is -0.371. The van der Waals surface area contributed by atoms with Crippen LogP contribution in [0.3, 0.4) is 0 Å². The summed E-state index contributed by atoms with van der Waals surface area (Å²) in [5.74, 6) is 0.655. The second-order valence-corrected chi connectivity index (χ2v) is 4.64.